The molecule has 4 aromatic rings. The molecule has 0 saturated heterocycles. The molecule has 0 saturated carbocycles. The normalized spacial score (nSPS) is 10.7. The van der Waals surface area contributed by atoms with E-state index in [4.69, 9.17) is 0 Å². The van der Waals surface area contributed by atoms with Gasteiger partial charge in [-0.25, -0.2) is 4.98 Å². The van der Waals surface area contributed by atoms with Crippen molar-refractivity contribution in [2.45, 2.75) is 32.9 Å². The Hall–Kier alpha value is -4.39. The molecule has 0 unspecified atom stereocenters. The average Bonchev–Trinajstić information content (AvgIpc) is 3.38. The van der Waals surface area contributed by atoms with Gasteiger partial charge in [0.1, 0.15) is 0 Å². The van der Waals surface area contributed by atoms with Crippen LogP contribution in [0, 0.1) is 0 Å². The van der Waals surface area contributed by atoms with Crippen molar-refractivity contribution in [1.82, 2.24) is 9.55 Å². The zero-order valence-corrected chi connectivity index (χ0v) is 19.9. The van der Waals surface area contributed by atoms with Crippen LogP contribution < -0.4 is 15.5 Å². The van der Waals surface area contributed by atoms with E-state index in [1.54, 1.807) is 41.7 Å². The highest BCUT2D eigenvalue weighted by molar-refractivity contribution is 6.07. The van der Waals surface area contributed by atoms with Crippen molar-refractivity contribution in [2.24, 2.45) is 0 Å². The van der Waals surface area contributed by atoms with Crippen LogP contribution in [-0.4, -0.2) is 27.4 Å². The van der Waals surface area contributed by atoms with Crippen molar-refractivity contribution >= 4 is 34.6 Å². The SMILES string of the molecule is CC(C)N(C(=O)c1cccc(NC(=O)CCn2ccnc2)c1)c1ccc(Nc2ccccc2)cc1. The van der Waals surface area contributed by atoms with Gasteiger partial charge in [0.25, 0.3) is 5.91 Å². The Morgan fingerprint density at radius 1 is 0.914 bits per heavy atom. The number of carbonyl (C=O) groups is 2. The predicted molar refractivity (Wildman–Crippen MR) is 140 cm³/mol. The van der Waals surface area contributed by atoms with Gasteiger partial charge >= 0.3 is 0 Å². The fourth-order valence-corrected chi connectivity index (χ4v) is 3.79. The topological polar surface area (TPSA) is 79.3 Å². The van der Waals surface area contributed by atoms with E-state index in [-0.39, 0.29) is 17.9 Å². The van der Waals surface area contributed by atoms with Crippen molar-refractivity contribution < 1.29 is 9.59 Å². The maximum atomic E-state index is 13.5. The van der Waals surface area contributed by atoms with Crippen LogP contribution in [0.25, 0.3) is 0 Å². The maximum absolute atomic E-state index is 13.5. The first kappa shape index (κ1) is 23.8. The number of hydrogen-bond donors (Lipinski definition) is 2. The van der Waals surface area contributed by atoms with Gasteiger partial charge in [0, 0.05) is 59.7 Å². The van der Waals surface area contributed by atoms with Gasteiger partial charge in [-0.05, 0) is 68.4 Å². The van der Waals surface area contributed by atoms with E-state index in [0.717, 1.165) is 17.1 Å². The molecule has 2 amide bonds. The minimum Gasteiger partial charge on any atom is -0.356 e. The van der Waals surface area contributed by atoms with Gasteiger partial charge in [-0.2, -0.15) is 0 Å². The van der Waals surface area contributed by atoms with Crippen molar-refractivity contribution in [2.75, 3.05) is 15.5 Å². The lowest BCUT2D eigenvalue weighted by molar-refractivity contribution is -0.116. The van der Waals surface area contributed by atoms with Crippen LogP contribution in [0.4, 0.5) is 22.7 Å². The lowest BCUT2D eigenvalue weighted by Crippen LogP contribution is -2.37. The summed E-state index contributed by atoms with van der Waals surface area (Å²) in [7, 11) is 0. The molecule has 0 aliphatic rings. The molecule has 0 atom stereocenters. The van der Waals surface area contributed by atoms with Gasteiger partial charge in [-0.1, -0.05) is 24.3 Å². The molecule has 7 nitrogen and oxygen atoms in total. The molecular weight excluding hydrogens is 438 g/mol. The van der Waals surface area contributed by atoms with Crippen LogP contribution >= 0.6 is 0 Å². The van der Waals surface area contributed by atoms with Crippen LogP contribution in [0.5, 0.6) is 0 Å². The largest absolute Gasteiger partial charge is 0.356 e. The van der Waals surface area contributed by atoms with Gasteiger partial charge in [0.05, 0.1) is 6.33 Å². The Morgan fingerprint density at radius 3 is 2.31 bits per heavy atom. The van der Waals surface area contributed by atoms with E-state index < -0.39 is 0 Å². The Morgan fingerprint density at radius 2 is 1.63 bits per heavy atom. The number of aromatic nitrogens is 2. The van der Waals surface area contributed by atoms with Crippen molar-refractivity contribution in [3.63, 3.8) is 0 Å². The van der Waals surface area contributed by atoms with Gasteiger partial charge in [0.2, 0.25) is 5.91 Å². The van der Waals surface area contributed by atoms with Crippen LogP contribution in [0.2, 0.25) is 0 Å². The van der Waals surface area contributed by atoms with E-state index in [2.05, 4.69) is 15.6 Å². The van der Waals surface area contributed by atoms with E-state index >= 15 is 0 Å². The number of imidazole rings is 1. The number of para-hydroxylation sites is 1. The van der Waals surface area contributed by atoms with E-state index in [0.29, 0.717) is 24.2 Å². The Balaban J connectivity index is 1.44. The summed E-state index contributed by atoms with van der Waals surface area (Å²) in [5, 5.41) is 6.24. The molecule has 178 valence electrons. The van der Waals surface area contributed by atoms with E-state index in [9.17, 15) is 9.59 Å². The number of hydrogen-bond acceptors (Lipinski definition) is 4. The average molecular weight is 468 g/mol. The molecule has 7 heteroatoms. The zero-order chi connectivity index (χ0) is 24.6. The smallest absolute Gasteiger partial charge is 0.258 e. The summed E-state index contributed by atoms with van der Waals surface area (Å²) in [5.41, 5.74) is 3.85. The molecule has 0 spiro atoms. The molecule has 35 heavy (non-hydrogen) atoms. The standard InChI is InChI=1S/C28H29N5O2/c1-21(2)33(26-13-11-24(12-14-26)30-23-8-4-3-5-9-23)28(35)22-7-6-10-25(19-22)31-27(34)15-17-32-18-16-29-20-32/h3-14,16,18-21,30H,15,17H2,1-2H3,(H,31,34). The molecule has 0 aliphatic heterocycles. The second-order valence-electron chi connectivity index (χ2n) is 8.49. The molecule has 0 fully saturated rings. The quantitative estimate of drug-likeness (QED) is 0.330. The number of nitrogens with one attached hydrogen (secondary N) is 2. The summed E-state index contributed by atoms with van der Waals surface area (Å²) in [6, 6.07) is 24.7. The highest BCUT2D eigenvalue weighted by Gasteiger charge is 2.21. The number of aryl methyl sites for hydroxylation is 1. The molecular formula is C28H29N5O2. The van der Waals surface area contributed by atoms with Crippen LogP contribution in [0.1, 0.15) is 30.6 Å². The number of carbonyl (C=O) groups excluding carboxylic acids is 2. The van der Waals surface area contributed by atoms with E-state index in [1.807, 2.05) is 79.2 Å². The summed E-state index contributed by atoms with van der Waals surface area (Å²) in [4.78, 5) is 31.6. The molecule has 0 bridgehead atoms. The summed E-state index contributed by atoms with van der Waals surface area (Å²) in [6.07, 6.45) is 5.49. The fraction of sp³-hybridized carbons (Fsp3) is 0.179. The summed E-state index contributed by atoms with van der Waals surface area (Å²) in [5.74, 6) is -0.246. The maximum Gasteiger partial charge on any atom is 0.258 e. The molecule has 1 heterocycles. The highest BCUT2D eigenvalue weighted by atomic mass is 16.2. The number of nitrogens with zero attached hydrogens (tertiary/aromatic N) is 3. The third-order valence-corrected chi connectivity index (χ3v) is 5.49. The predicted octanol–water partition coefficient (Wildman–Crippen LogP) is 5.71. The molecule has 2 N–H and O–H groups in total. The van der Waals surface area contributed by atoms with Gasteiger partial charge in [-0.15, -0.1) is 0 Å². The first-order valence-corrected chi connectivity index (χ1v) is 11.6. The second kappa shape index (κ2) is 11.2. The van der Waals surface area contributed by atoms with Crippen LogP contribution in [0.15, 0.2) is 97.6 Å². The lowest BCUT2D eigenvalue weighted by atomic mass is 10.1. The molecule has 1 aromatic heterocycles. The molecule has 4 rings (SSSR count). The number of benzene rings is 3. The summed E-state index contributed by atoms with van der Waals surface area (Å²) >= 11 is 0. The Kier molecular flexibility index (Phi) is 7.57. The monoisotopic (exact) mass is 467 g/mol. The number of rotatable bonds is 9. The van der Waals surface area contributed by atoms with Gasteiger partial charge < -0.3 is 20.1 Å². The van der Waals surface area contributed by atoms with Crippen molar-refractivity contribution in [3.05, 3.63) is 103 Å². The molecule has 3 aromatic carbocycles. The Bertz CT molecular complexity index is 1250. The van der Waals surface area contributed by atoms with Crippen LogP contribution in [0.3, 0.4) is 0 Å². The van der Waals surface area contributed by atoms with E-state index in [1.165, 1.54) is 0 Å². The molecule has 0 aliphatic carbocycles. The van der Waals surface area contributed by atoms with Crippen LogP contribution in [-0.2, 0) is 11.3 Å². The van der Waals surface area contributed by atoms with Crippen molar-refractivity contribution in [3.8, 4) is 0 Å². The number of amides is 2. The zero-order valence-electron chi connectivity index (χ0n) is 19.9. The first-order chi connectivity index (χ1) is 17.0. The second-order valence-corrected chi connectivity index (χ2v) is 8.49. The first-order valence-electron chi connectivity index (χ1n) is 11.6. The fourth-order valence-electron chi connectivity index (χ4n) is 3.79. The lowest BCUT2D eigenvalue weighted by Gasteiger charge is -2.27. The summed E-state index contributed by atoms with van der Waals surface area (Å²) < 4.78 is 1.85. The van der Waals surface area contributed by atoms with Gasteiger partial charge in [-0.3, -0.25) is 9.59 Å². The Labute approximate surface area is 205 Å². The third kappa shape index (κ3) is 6.35. The van der Waals surface area contributed by atoms with Gasteiger partial charge in [0.15, 0.2) is 0 Å². The van der Waals surface area contributed by atoms with Crippen molar-refractivity contribution in [1.29, 1.82) is 0 Å². The third-order valence-electron chi connectivity index (χ3n) is 5.49. The minimum absolute atomic E-state index is 0.0520. The minimum atomic E-state index is -0.127. The summed E-state index contributed by atoms with van der Waals surface area (Å²) in [6.45, 7) is 4.51. The highest BCUT2D eigenvalue weighted by Crippen LogP contribution is 2.25. The molecule has 0 radical (unpaired) electrons. The number of anilines is 4.